The molecule has 0 bridgehead atoms. The third-order valence-electron chi connectivity index (χ3n) is 3.83. The molecular weight excluding hydrogens is 318 g/mol. The van der Waals surface area contributed by atoms with Crippen molar-refractivity contribution in [2.24, 2.45) is 5.73 Å². The zero-order chi connectivity index (χ0) is 14.8. The van der Waals surface area contributed by atoms with Crippen LogP contribution in [0.25, 0.3) is 0 Å². The van der Waals surface area contributed by atoms with Crippen LogP contribution in [0.3, 0.4) is 0 Å². The summed E-state index contributed by atoms with van der Waals surface area (Å²) in [7, 11) is 3.92. The molecule has 110 valence electrons. The zero-order valence-corrected chi connectivity index (χ0v) is 13.7. The highest BCUT2D eigenvalue weighted by molar-refractivity contribution is 9.10. The van der Waals surface area contributed by atoms with E-state index < -0.39 is 0 Å². The van der Waals surface area contributed by atoms with Gasteiger partial charge in [0, 0.05) is 30.5 Å². The van der Waals surface area contributed by atoms with E-state index in [4.69, 9.17) is 5.73 Å². The molecular formula is C15H22BrN3O. The van der Waals surface area contributed by atoms with E-state index in [1.165, 1.54) is 0 Å². The second-order valence-corrected chi connectivity index (χ2v) is 6.77. The van der Waals surface area contributed by atoms with Crippen LogP contribution in [0.4, 0.5) is 11.4 Å². The number of rotatable bonds is 4. The molecule has 0 aromatic heterocycles. The number of carbonyl (C=O) groups excluding carboxylic acids is 1. The van der Waals surface area contributed by atoms with Crippen molar-refractivity contribution in [3.8, 4) is 0 Å². The average Bonchev–Trinajstić information content (AvgIpc) is 2.74. The molecule has 1 aliphatic rings. The molecule has 0 unspecified atom stereocenters. The number of benzene rings is 1. The van der Waals surface area contributed by atoms with Gasteiger partial charge in [-0.3, -0.25) is 4.79 Å². The number of nitrogens with one attached hydrogen (secondary N) is 1. The van der Waals surface area contributed by atoms with Crippen LogP contribution in [0.15, 0.2) is 22.7 Å². The molecule has 0 spiro atoms. The Balaban J connectivity index is 2.09. The first-order valence-corrected chi connectivity index (χ1v) is 7.75. The van der Waals surface area contributed by atoms with Crippen molar-refractivity contribution >= 4 is 33.2 Å². The van der Waals surface area contributed by atoms with Gasteiger partial charge < -0.3 is 16.0 Å². The Kier molecular flexibility index (Phi) is 4.70. The van der Waals surface area contributed by atoms with Crippen molar-refractivity contribution in [2.45, 2.75) is 37.6 Å². The fourth-order valence-corrected chi connectivity index (χ4v) is 3.13. The first-order chi connectivity index (χ1) is 9.39. The standard InChI is InChI=1S/C15H22BrN3O/c1-19(2)13-6-5-11(16)9-12(13)18-14(20)10-15(17)7-3-4-8-15/h5-6,9H,3-4,7-8,10,17H2,1-2H3,(H,18,20). The van der Waals surface area contributed by atoms with Gasteiger partial charge in [0.1, 0.15) is 0 Å². The lowest BCUT2D eigenvalue weighted by Crippen LogP contribution is -2.40. The third-order valence-corrected chi connectivity index (χ3v) is 4.32. The van der Waals surface area contributed by atoms with Gasteiger partial charge in [-0.25, -0.2) is 0 Å². The first kappa shape index (κ1) is 15.3. The van der Waals surface area contributed by atoms with Gasteiger partial charge in [0.25, 0.3) is 0 Å². The number of carbonyl (C=O) groups is 1. The Morgan fingerprint density at radius 3 is 2.65 bits per heavy atom. The summed E-state index contributed by atoms with van der Waals surface area (Å²) in [5.74, 6) is -0.00407. The lowest BCUT2D eigenvalue weighted by atomic mass is 9.94. The maximum Gasteiger partial charge on any atom is 0.226 e. The van der Waals surface area contributed by atoms with Crippen molar-refractivity contribution in [1.82, 2.24) is 0 Å². The molecule has 20 heavy (non-hydrogen) atoms. The lowest BCUT2D eigenvalue weighted by molar-refractivity contribution is -0.117. The molecule has 4 nitrogen and oxygen atoms in total. The highest BCUT2D eigenvalue weighted by Gasteiger charge is 2.31. The number of nitrogens with two attached hydrogens (primary N) is 1. The summed E-state index contributed by atoms with van der Waals surface area (Å²) < 4.78 is 0.946. The van der Waals surface area contributed by atoms with Gasteiger partial charge in [0.05, 0.1) is 11.4 Å². The number of hydrogen-bond donors (Lipinski definition) is 2. The summed E-state index contributed by atoms with van der Waals surface area (Å²) in [5.41, 5.74) is 7.75. The molecule has 5 heteroatoms. The molecule has 2 rings (SSSR count). The predicted molar refractivity (Wildman–Crippen MR) is 87.1 cm³/mol. The minimum atomic E-state index is -0.311. The highest BCUT2D eigenvalue weighted by atomic mass is 79.9. The lowest BCUT2D eigenvalue weighted by Gasteiger charge is -2.24. The predicted octanol–water partition coefficient (Wildman–Crippen LogP) is 3.12. The summed E-state index contributed by atoms with van der Waals surface area (Å²) in [6.07, 6.45) is 4.54. The molecule has 1 aromatic rings. The van der Waals surface area contributed by atoms with E-state index in [0.29, 0.717) is 6.42 Å². The second kappa shape index (κ2) is 6.14. The number of nitrogens with zero attached hydrogens (tertiary/aromatic N) is 1. The fourth-order valence-electron chi connectivity index (χ4n) is 2.77. The largest absolute Gasteiger partial charge is 0.376 e. The van der Waals surface area contributed by atoms with Gasteiger partial charge in [-0.15, -0.1) is 0 Å². The van der Waals surface area contributed by atoms with Gasteiger partial charge in [-0.2, -0.15) is 0 Å². The minimum Gasteiger partial charge on any atom is -0.376 e. The van der Waals surface area contributed by atoms with Gasteiger partial charge in [-0.05, 0) is 31.0 Å². The van der Waals surface area contributed by atoms with E-state index in [-0.39, 0.29) is 11.4 Å². The normalized spacial score (nSPS) is 17.0. The maximum absolute atomic E-state index is 12.2. The maximum atomic E-state index is 12.2. The van der Waals surface area contributed by atoms with Crippen molar-refractivity contribution in [1.29, 1.82) is 0 Å². The highest BCUT2D eigenvalue weighted by Crippen LogP contribution is 2.32. The molecule has 0 radical (unpaired) electrons. The van der Waals surface area contributed by atoms with Crippen LogP contribution in [-0.2, 0) is 4.79 Å². The molecule has 0 aliphatic heterocycles. The van der Waals surface area contributed by atoms with E-state index in [1.54, 1.807) is 0 Å². The van der Waals surface area contributed by atoms with Crippen molar-refractivity contribution in [3.05, 3.63) is 22.7 Å². The third kappa shape index (κ3) is 3.73. The first-order valence-electron chi connectivity index (χ1n) is 6.95. The van der Waals surface area contributed by atoms with Crippen molar-refractivity contribution in [3.63, 3.8) is 0 Å². The Morgan fingerprint density at radius 2 is 2.05 bits per heavy atom. The van der Waals surface area contributed by atoms with Crippen LogP contribution in [0.5, 0.6) is 0 Å². The van der Waals surface area contributed by atoms with Crippen LogP contribution in [0.2, 0.25) is 0 Å². The second-order valence-electron chi connectivity index (χ2n) is 5.85. The minimum absolute atomic E-state index is 0.00407. The number of amides is 1. The molecule has 0 heterocycles. The molecule has 1 amide bonds. The molecule has 0 atom stereocenters. The quantitative estimate of drug-likeness (QED) is 0.885. The van der Waals surface area contributed by atoms with Crippen LogP contribution in [0, 0.1) is 0 Å². The van der Waals surface area contributed by atoms with Crippen molar-refractivity contribution in [2.75, 3.05) is 24.3 Å². The van der Waals surface area contributed by atoms with Gasteiger partial charge in [-0.1, -0.05) is 28.8 Å². The van der Waals surface area contributed by atoms with E-state index in [1.807, 2.05) is 37.2 Å². The Labute approximate surface area is 128 Å². The van der Waals surface area contributed by atoms with Crippen LogP contribution in [0.1, 0.15) is 32.1 Å². The molecule has 0 saturated heterocycles. The number of hydrogen-bond acceptors (Lipinski definition) is 3. The van der Waals surface area contributed by atoms with E-state index in [0.717, 1.165) is 41.5 Å². The summed E-state index contributed by atoms with van der Waals surface area (Å²) in [6, 6.07) is 5.87. The summed E-state index contributed by atoms with van der Waals surface area (Å²) in [5, 5.41) is 2.99. The van der Waals surface area contributed by atoms with E-state index >= 15 is 0 Å². The smallest absolute Gasteiger partial charge is 0.226 e. The zero-order valence-electron chi connectivity index (χ0n) is 12.1. The van der Waals surface area contributed by atoms with Crippen LogP contribution < -0.4 is 16.0 Å². The molecule has 1 aromatic carbocycles. The van der Waals surface area contributed by atoms with Crippen LogP contribution in [-0.4, -0.2) is 25.5 Å². The fraction of sp³-hybridized carbons (Fsp3) is 0.533. The van der Waals surface area contributed by atoms with Gasteiger partial charge >= 0.3 is 0 Å². The summed E-state index contributed by atoms with van der Waals surface area (Å²) >= 11 is 3.44. The number of anilines is 2. The van der Waals surface area contributed by atoms with Crippen molar-refractivity contribution < 1.29 is 4.79 Å². The Hall–Kier alpha value is -1.07. The SMILES string of the molecule is CN(C)c1ccc(Br)cc1NC(=O)CC1(N)CCCC1. The van der Waals surface area contributed by atoms with Gasteiger partial charge in [0.2, 0.25) is 5.91 Å². The molecule has 3 N–H and O–H groups in total. The monoisotopic (exact) mass is 339 g/mol. The van der Waals surface area contributed by atoms with E-state index in [9.17, 15) is 4.79 Å². The average molecular weight is 340 g/mol. The summed E-state index contributed by atoms with van der Waals surface area (Å²) in [6.45, 7) is 0. The van der Waals surface area contributed by atoms with Gasteiger partial charge in [0.15, 0.2) is 0 Å². The Morgan fingerprint density at radius 1 is 1.40 bits per heavy atom. The Bertz CT molecular complexity index is 496. The van der Waals surface area contributed by atoms with E-state index in [2.05, 4.69) is 21.2 Å². The topological polar surface area (TPSA) is 58.4 Å². The summed E-state index contributed by atoms with van der Waals surface area (Å²) in [4.78, 5) is 14.2. The van der Waals surface area contributed by atoms with Crippen LogP contribution >= 0.6 is 15.9 Å². The number of halogens is 1. The molecule has 1 aliphatic carbocycles. The molecule has 1 fully saturated rings. The molecule has 1 saturated carbocycles.